The smallest absolute Gasteiger partial charge is 0.295 e. The van der Waals surface area contributed by atoms with Crippen molar-refractivity contribution in [3.63, 3.8) is 0 Å². The second-order valence-corrected chi connectivity index (χ2v) is 4.31. The number of hydrogen-bond donors (Lipinski definition) is 1. The van der Waals surface area contributed by atoms with E-state index in [0.717, 1.165) is 5.75 Å². The van der Waals surface area contributed by atoms with E-state index in [9.17, 15) is 4.79 Å². The van der Waals surface area contributed by atoms with Gasteiger partial charge >= 0.3 is 0 Å². The number of nitrogens with zero attached hydrogens (tertiary/aromatic N) is 3. The van der Waals surface area contributed by atoms with E-state index in [1.54, 1.807) is 43.5 Å². The van der Waals surface area contributed by atoms with Crippen molar-refractivity contribution < 1.29 is 9.53 Å². The zero-order valence-electron chi connectivity index (χ0n) is 11.3. The zero-order valence-corrected chi connectivity index (χ0v) is 11.3. The van der Waals surface area contributed by atoms with Crippen molar-refractivity contribution >= 4 is 22.6 Å². The molecule has 1 amide bonds. The maximum atomic E-state index is 12.1. The molecule has 3 rings (SSSR count). The molecule has 0 spiro atoms. The Morgan fingerprint density at radius 2 is 1.71 bits per heavy atom. The Morgan fingerprint density at radius 3 is 2.43 bits per heavy atom. The summed E-state index contributed by atoms with van der Waals surface area (Å²) in [4.78, 5) is 16.3. The number of anilines is 1. The Hall–Kier alpha value is -3.02. The van der Waals surface area contributed by atoms with Crippen LogP contribution in [0, 0.1) is 0 Å². The number of carbonyl (C=O) groups is 1. The monoisotopic (exact) mass is 280 g/mol. The number of carbonyl (C=O) groups excluding carboxylic acids is 1. The normalized spacial score (nSPS) is 10.3. The summed E-state index contributed by atoms with van der Waals surface area (Å²) in [7, 11) is 1.59. The molecule has 6 nitrogen and oxygen atoms in total. The number of hydrogen-bond acceptors (Lipinski definition) is 5. The van der Waals surface area contributed by atoms with Crippen LogP contribution in [-0.4, -0.2) is 28.2 Å². The second kappa shape index (κ2) is 5.54. The number of ether oxygens (including phenoxy) is 1. The lowest BCUT2D eigenvalue weighted by Gasteiger charge is -2.05. The van der Waals surface area contributed by atoms with Crippen molar-refractivity contribution in [2.45, 2.75) is 0 Å². The van der Waals surface area contributed by atoms with Crippen molar-refractivity contribution in [1.82, 2.24) is 15.2 Å². The van der Waals surface area contributed by atoms with Crippen molar-refractivity contribution in [2.24, 2.45) is 0 Å². The number of rotatable bonds is 3. The molecule has 0 aliphatic heterocycles. The van der Waals surface area contributed by atoms with E-state index in [1.807, 2.05) is 12.1 Å². The topological polar surface area (TPSA) is 77.0 Å². The molecule has 0 saturated heterocycles. The van der Waals surface area contributed by atoms with Gasteiger partial charge in [0, 0.05) is 5.69 Å². The Labute approximate surface area is 120 Å². The maximum Gasteiger partial charge on any atom is 0.295 e. The van der Waals surface area contributed by atoms with E-state index in [4.69, 9.17) is 4.74 Å². The number of amides is 1. The van der Waals surface area contributed by atoms with Crippen molar-refractivity contribution in [2.75, 3.05) is 12.4 Å². The highest BCUT2D eigenvalue weighted by molar-refractivity contribution is 6.02. The molecule has 1 aromatic heterocycles. The third-order valence-electron chi connectivity index (χ3n) is 2.91. The fourth-order valence-electron chi connectivity index (χ4n) is 1.84. The van der Waals surface area contributed by atoms with Crippen molar-refractivity contribution in [1.29, 1.82) is 0 Å². The van der Waals surface area contributed by atoms with Gasteiger partial charge in [-0.05, 0) is 36.4 Å². The molecule has 0 unspecified atom stereocenters. The standard InChI is InChI=1S/C15H12N4O2/c1-21-11-8-6-10(7-9-11)16-15(20)14-17-12-4-2-3-5-13(12)18-19-14/h2-9H,1H3,(H,16,20). The van der Waals surface area contributed by atoms with Gasteiger partial charge in [0.15, 0.2) is 0 Å². The number of methoxy groups -OCH3 is 1. The molecule has 0 saturated carbocycles. The van der Waals surface area contributed by atoms with Crippen LogP contribution >= 0.6 is 0 Å². The first-order chi connectivity index (χ1) is 10.3. The summed E-state index contributed by atoms with van der Waals surface area (Å²) < 4.78 is 5.06. The summed E-state index contributed by atoms with van der Waals surface area (Å²) in [5.41, 5.74) is 1.92. The van der Waals surface area contributed by atoms with Gasteiger partial charge in [-0.2, -0.15) is 0 Å². The summed E-state index contributed by atoms with van der Waals surface area (Å²) >= 11 is 0. The second-order valence-electron chi connectivity index (χ2n) is 4.31. The van der Waals surface area contributed by atoms with Crippen LogP contribution in [0.5, 0.6) is 5.75 Å². The molecule has 21 heavy (non-hydrogen) atoms. The lowest BCUT2D eigenvalue weighted by atomic mass is 10.3. The van der Waals surface area contributed by atoms with Crippen LogP contribution in [0.15, 0.2) is 48.5 Å². The van der Waals surface area contributed by atoms with Gasteiger partial charge in [0.1, 0.15) is 11.3 Å². The molecule has 1 heterocycles. The van der Waals surface area contributed by atoms with Crippen molar-refractivity contribution in [3.8, 4) is 5.75 Å². The van der Waals surface area contributed by atoms with Crippen LogP contribution in [0.3, 0.4) is 0 Å². The minimum Gasteiger partial charge on any atom is -0.497 e. The number of aromatic nitrogens is 3. The SMILES string of the molecule is COc1ccc(NC(=O)c2nnc3ccccc3n2)cc1. The van der Waals surface area contributed by atoms with Gasteiger partial charge in [0.05, 0.1) is 12.6 Å². The van der Waals surface area contributed by atoms with Crippen LogP contribution < -0.4 is 10.1 Å². The van der Waals surface area contributed by atoms with Gasteiger partial charge in [0.25, 0.3) is 5.91 Å². The Kier molecular flexibility index (Phi) is 3.42. The van der Waals surface area contributed by atoms with E-state index in [0.29, 0.717) is 16.7 Å². The van der Waals surface area contributed by atoms with E-state index in [2.05, 4.69) is 20.5 Å². The fraction of sp³-hybridized carbons (Fsp3) is 0.0667. The van der Waals surface area contributed by atoms with Gasteiger partial charge in [-0.25, -0.2) is 4.98 Å². The molecule has 2 aromatic carbocycles. The minimum atomic E-state index is -0.404. The van der Waals surface area contributed by atoms with Crippen LogP contribution in [0.25, 0.3) is 11.0 Å². The van der Waals surface area contributed by atoms with E-state index in [-0.39, 0.29) is 5.82 Å². The first kappa shape index (κ1) is 13.0. The van der Waals surface area contributed by atoms with E-state index >= 15 is 0 Å². The molecule has 0 fully saturated rings. The molecule has 0 bridgehead atoms. The average Bonchev–Trinajstić information content (AvgIpc) is 2.55. The van der Waals surface area contributed by atoms with Crippen LogP contribution in [0.2, 0.25) is 0 Å². The summed E-state index contributed by atoms with van der Waals surface area (Å²) in [6, 6.07) is 14.3. The number of benzene rings is 2. The highest BCUT2D eigenvalue weighted by atomic mass is 16.5. The first-order valence-electron chi connectivity index (χ1n) is 6.31. The molecular weight excluding hydrogens is 268 g/mol. The highest BCUT2D eigenvalue weighted by Gasteiger charge is 2.11. The number of nitrogens with one attached hydrogen (secondary N) is 1. The molecule has 0 radical (unpaired) electrons. The molecule has 0 aliphatic carbocycles. The average molecular weight is 280 g/mol. The quantitative estimate of drug-likeness (QED) is 0.796. The van der Waals surface area contributed by atoms with E-state index in [1.165, 1.54) is 0 Å². The highest BCUT2D eigenvalue weighted by Crippen LogP contribution is 2.15. The Balaban J connectivity index is 1.82. The van der Waals surface area contributed by atoms with Gasteiger partial charge in [-0.15, -0.1) is 10.2 Å². The predicted octanol–water partition coefficient (Wildman–Crippen LogP) is 2.29. The maximum absolute atomic E-state index is 12.1. The predicted molar refractivity (Wildman–Crippen MR) is 78.3 cm³/mol. The summed E-state index contributed by atoms with van der Waals surface area (Å²) in [6.45, 7) is 0. The molecule has 104 valence electrons. The van der Waals surface area contributed by atoms with Gasteiger partial charge in [-0.3, -0.25) is 4.79 Å². The third kappa shape index (κ3) is 2.79. The molecule has 0 atom stereocenters. The number of para-hydroxylation sites is 1. The Morgan fingerprint density at radius 1 is 1.00 bits per heavy atom. The molecule has 6 heteroatoms. The number of fused-ring (bicyclic) bond motifs is 1. The zero-order chi connectivity index (χ0) is 14.7. The summed E-state index contributed by atoms with van der Waals surface area (Å²) in [5, 5.41) is 10.5. The largest absolute Gasteiger partial charge is 0.497 e. The fourth-order valence-corrected chi connectivity index (χ4v) is 1.84. The minimum absolute atomic E-state index is 0.0320. The van der Waals surface area contributed by atoms with Gasteiger partial charge < -0.3 is 10.1 Å². The van der Waals surface area contributed by atoms with E-state index < -0.39 is 5.91 Å². The lowest BCUT2D eigenvalue weighted by molar-refractivity contribution is 0.101. The molecule has 0 aliphatic rings. The van der Waals surface area contributed by atoms with Crippen molar-refractivity contribution in [3.05, 3.63) is 54.4 Å². The first-order valence-corrected chi connectivity index (χ1v) is 6.31. The third-order valence-corrected chi connectivity index (χ3v) is 2.91. The Bertz CT molecular complexity index is 787. The van der Waals surface area contributed by atoms with Crippen LogP contribution in [-0.2, 0) is 0 Å². The summed E-state index contributed by atoms with van der Waals surface area (Å²) in [6.07, 6.45) is 0. The molecule has 1 N–H and O–H groups in total. The van der Waals surface area contributed by atoms with Gasteiger partial charge in [0.2, 0.25) is 5.82 Å². The lowest BCUT2D eigenvalue weighted by Crippen LogP contribution is -2.16. The summed E-state index contributed by atoms with van der Waals surface area (Å²) in [5.74, 6) is 0.347. The van der Waals surface area contributed by atoms with Crippen LogP contribution in [0.4, 0.5) is 5.69 Å². The molecular formula is C15H12N4O2. The molecule has 3 aromatic rings. The van der Waals surface area contributed by atoms with Gasteiger partial charge in [-0.1, -0.05) is 12.1 Å². The van der Waals surface area contributed by atoms with Crippen LogP contribution in [0.1, 0.15) is 10.6 Å².